The van der Waals surface area contributed by atoms with Crippen molar-refractivity contribution in [3.05, 3.63) is 23.5 Å². The first-order valence-corrected chi connectivity index (χ1v) is 10.6. The number of halogens is 2. The summed E-state index contributed by atoms with van der Waals surface area (Å²) in [4.78, 5) is 22.9. The fourth-order valence-electron chi connectivity index (χ4n) is 4.33. The van der Waals surface area contributed by atoms with Crippen LogP contribution in [0.25, 0.3) is 11.0 Å². The number of rotatable bonds is 4. The molecule has 1 atom stereocenters. The monoisotopic (exact) mass is 456 g/mol. The van der Waals surface area contributed by atoms with Gasteiger partial charge in [0.1, 0.15) is 0 Å². The average Bonchev–Trinajstić information content (AvgIpc) is 3.34. The Balaban J connectivity index is 0.00000160. The molecule has 2 saturated heterocycles. The molecule has 2 aromatic heterocycles. The van der Waals surface area contributed by atoms with Crippen molar-refractivity contribution in [2.75, 3.05) is 39.3 Å². The van der Waals surface area contributed by atoms with Crippen molar-refractivity contribution < 1.29 is 4.79 Å². The zero-order chi connectivity index (χ0) is 19.8. The lowest BCUT2D eigenvalue weighted by atomic mass is 10.0. The fourth-order valence-corrected chi connectivity index (χ4v) is 4.33. The molecule has 1 amide bonds. The second-order valence-corrected chi connectivity index (χ2v) is 8.65. The Morgan fingerprint density at radius 1 is 1.13 bits per heavy atom. The number of carbonyl (C=O) groups is 1. The Kier molecular flexibility index (Phi) is 8.51. The van der Waals surface area contributed by atoms with E-state index in [0.29, 0.717) is 6.04 Å². The highest BCUT2D eigenvalue weighted by molar-refractivity contribution is 6.05. The molecule has 4 heterocycles. The van der Waals surface area contributed by atoms with Gasteiger partial charge in [-0.3, -0.25) is 9.69 Å². The van der Waals surface area contributed by atoms with Gasteiger partial charge in [0.25, 0.3) is 5.91 Å². The maximum atomic E-state index is 13.5. The van der Waals surface area contributed by atoms with Crippen LogP contribution in [0, 0.1) is 0 Å². The molecule has 30 heavy (non-hydrogen) atoms. The number of aromatic nitrogens is 3. The van der Waals surface area contributed by atoms with E-state index in [0.717, 1.165) is 68.0 Å². The van der Waals surface area contributed by atoms with E-state index in [1.165, 1.54) is 0 Å². The van der Waals surface area contributed by atoms with Crippen LogP contribution in [0.15, 0.2) is 12.3 Å². The van der Waals surface area contributed by atoms with E-state index in [9.17, 15) is 4.79 Å². The molecule has 2 fully saturated rings. The maximum Gasteiger partial charge on any atom is 0.254 e. The van der Waals surface area contributed by atoms with Crippen molar-refractivity contribution in [3.63, 3.8) is 0 Å². The van der Waals surface area contributed by atoms with E-state index >= 15 is 0 Å². The molecule has 4 rings (SSSR count). The standard InChI is InChI=1S/C21H32N6O.2ClH/c1-14(2)19-11-17(18-12-23-27(15(3)4)20(18)24-19)21(28)26-8-5-16(13-26)25-9-6-22-7-10-25;;/h11-12,14-16,22H,5-10,13H2,1-4H3;2*1H. The Bertz CT molecular complexity index is 863. The molecule has 1 N–H and O–H groups in total. The first kappa shape index (κ1) is 24.9. The molecule has 0 aliphatic carbocycles. The van der Waals surface area contributed by atoms with Crippen LogP contribution in [-0.2, 0) is 0 Å². The molecular weight excluding hydrogens is 423 g/mol. The first-order valence-electron chi connectivity index (χ1n) is 10.6. The predicted molar refractivity (Wildman–Crippen MR) is 125 cm³/mol. The minimum atomic E-state index is 0. The zero-order valence-corrected chi connectivity index (χ0v) is 19.9. The normalized spacial score (nSPS) is 19.9. The minimum absolute atomic E-state index is 0. The summed E-state index contributed by atoms with van der Waals surface area (Å²) < 4.78 is 1.92. The second kappa shape index (κ2) is 10.3. The molecule has 0 bridgehead atoms. The Hall–Kier alpha value is -1.41. The molecular formula is C21H34Cl2N6O. The van der Waals surface area contributed by atoms with E-state index in [2.05, 4.69) is 43.0 Å². The lowest BCUT2D eigenvalue weighted by molar-refractivity contribution is 0.0775. The third kappa shape index (κ3) is 4.74. The molecule has 0 aromatic carbocycles. The van der Waals surface area contributed by atoms with Crippen LogP contribution in [-0.4, -0.2) is 75.8 Å². The second-order valence-electron chi connectivity index (χ2n) is 8.65. The van der Waals surface area contributed by atoms with E-state index in [1.54, 1.807) is 0 Å². The smallest absolute Gasteiger partial charge is 0.254 e. The van der Waals surface area contributed by atoms with Gasteiger partial charge in [-0.05, 0) is 32.3 Å². The van der Waals surface area contributed by atoms with Gasteiger partial charge in [0, 0.05) is 57.0 Å². The quantitative estimate of drug-likeness (QED) is 0.765. The first-order chi connectivity index (χ1) is 13.5. The molecule has 7 nitrogen and oxygen atoms in total. The van der Waals surface area contributed by atoms with Crippen molar-refractivity contribution in [2.24, 2.45) is 0 Å². The highest BCUT2D eigenvalue weighted by Crippen LogP contribution is 2.27. The molecule has 2 aromatic rings. The third-order valence-electron chi connectivity index (χ3n) is 6.02. The zero-order valence-electron chi connectivity index (χ0n) is 18.3. The van der Waals surface area contributed by atoms with Crippen LogP contribution >= 0.6 is 24.8 Å². The number of hydrogen-bond donors (Lipinski definition) is 1. The number of fused-ring (bicyclic) bond motifs is 1. The number of hydrogen-bond acceptors (Lipinski definition) is 5. The summed E-state index contributed by atoms with van der Waals surface area (Å²) >= 11 is 0. The molecule has 168 valence electrons. The molecule has 0 saturated carbocycles. The van der Waals surface area contributed by atoms with Crippen LogP contribution in [0.3, 0.4) is 0 Å². The number of piperazine rings is 1. The maximum absolute atomic E-state index is 13.5. The van der Waals surface area contributed by atoms with Crippen LogP contribution in [0.4, 0.5) is 0 Å². The highest BCUT2D eigenvalue weighted by atomic mass is 35.5. The summed E-state index contributed by atoms with van der Waals surface area (Å²) in [6.45, 7) is 14.3. The lowest BCUT2D eigenvalue weighted by Crippen LogP contribution is -2.49. The van der Waals surface area contributed by atoms with Gasteiger partial charge in [-0.2, -0.15) is 5.10 Å². The van der Waals surface area contributed by atoms with E-state index in [-0.39, 0.29) is 42.7 Å². The van der Waals surface area contributed by atoms with Gasteiger partial charge < -0.3 is 10.2 Å². The molecule has 0 radical (unpaired) electrons. The van der Waals surface area contributed by atoms with E-state index in [1.807, 2.05) is 21.8 Å². The molecule has 9 heteroatoms. The topological polar surface area (TPSA) is 66.3 Å². The van der Waals surface area contributed by atoms with Gasteiger partial charge in [-0.1, -0.05) is 13.8 Å². The van der Waals surface area contributed by atoms with Gasteiger partial charge in [0.05, 0.1) is 17.1 Å². The predicted octanol–water partition coefficient (Wildman–Crippen LogP) is 3.10. The van der Waals surface area contributed by atoms with E-state index in [4.69, 9.17) is 4.98 Å². The van der Waals surface area contributed by atoms with Crippen molar-refractivity contribution in [1.82, 2.24) is 29.9 Å². The summed E-state index contributed by atoms with van der Waals surface area (Å²) in [6.07, 6.45) is 2.87. The molecule has 0 spiro atoms. The van der Waals surface area contributed by atoms with Gasteiger partial charge in [0.15, 0.2) is 5.65 Å². The molecule has 2 aliphatic heterocycles. The minimum Gasteiger partial charge on any atom is -0.337 e. The Morgan fingerprint density at radius 3 is 2.47 bits per heavy atom. The van der Waals surface area contributed by atoms with Gasteiger partial charge in [0.2, 0.25) is 0 Å². The van der Waals surface area contributed by atoms with Crippen molar-refractivity contribution in [1.29, 1.82) is 0 Å². The van der Waals surface area contributed by atoms with E-state index < -0.39 is 0 Å². The molecule has 1 unspecified atom stereocenters. The van der Waals surface area contributed by atoms with Gasteiger partial charge >= 0.3 is 0 Å². The SMILES string of the molecule is CC(C)c1cc(C(=O)N2CCC(N3CCNCC3)C2)c2cnn(C(C)C)c2n1.Cl.Cl. The summed E-state index contributed by atoms with van der Waals surface area (Å²) in [5.41, 5.74) is 2.53. The number of pyridine rings is 1. The van der Waals surface area contributed by atoms with Crippen LogP contribution in [0.1, 0.15) is 62.1 Å². The number of amides is 1. The third-order valence-corrected chi connectivity index (χ3v) is 6.02. The Morgan fingerprint density at radius 2 is 1.83 bits per heavy atom. The number of likely N-dealkylation sites (tertiary alicyclic amines) is 1. The van der Waals surface area contributed by atoms with Gasteiger partial charge in [-0.15, -0.1) is 24.8 Å². The lowest BCUT2D eigenvalue weighted by Gasteiger charge is -2.32. The number of carbonyl (C=O) groups excluding carboxylic acids is 1. The largest absolute Gasteiger partial charge is 0.337 e. The van der Waals surface area contributed by atoms with Crippen LogP contribution < -0.4 is 5.32 Å². The van der Waals surface area contributed by atoms with Crippen molar-refractivity contribution in [3.8, 4) is 0 Å². The summed E-state index contributed by atoms with van der Waals surface area (Å²) in [5, 5.41) is 8.80. The Labute approximate surface area is 191 Å². The summed E-state index contributed by atoms with van der Waals surface area (Å²) in [6, 6.07) is 2.67. The number of nitrogens with zero attached hydrogens (tertiary/aromatic N) is 5. The number of nitrogens with one attached hydrogen (secondary N) is 1. The van der Waals surface area contributed by atoms with Crippen molar-refractivity contribution >= 4 is 41.8 Å². The van der Waals surface area contributed by atoms with Crippen molar-refractivity contribution in [2.45, 2.75) is 52.1 Å². The average molecular weight is 457 g/mol. The fraction of sp³-hybridized carbons (Fsp3) is 0.667. The highest BCUT2D eigenvalue weighted by Gasteiger charge is 2.32. The summed E-state index contributed by atoms with van der Waals surface area (Å²) in [7, 11) is 0. The molecule has 2 aliphatic rings. The summed E-state index contributed by atoms with van der Waals surface area (Å²) in [5.74, 6) is 0.383. The van der Waals surface area contributed by atoms with Crippen LogP contribution in [0.5, 0.6) is 0 Å². The van der Waals surface area contributed by atoms with Crippen LogP contribution in [0.2, 0.25) is 0 Å². The van der Waals surface area contributed by atoms with Gasteiger partial charge in [-0.25, -0.2) is 9.67 Å².